The predicted octanol–water partition coefficient (Wildman–Crippen LogP) is 1.67. The number of aromatic nitrogens is 2. The number of benzene rings is 1. The van der Waals surface area contributed by atoms with Crippen molar-refractivity contribution in [3.63, 3.8) is 0 Å². The molecule has 2 heterocycles. The van der Waals surface area contributed by atoms with Crippen molar-refractivity contribution in [3.05, 3.63) is 57.8 Å². The highest BCUT2D eigenvalue weighted by atomic mass is 16.3. The van der Waals surface area contributed by atoms with Gasteiger partial charge >= 0.3 is 0 Å². The van der Waals surface area contributed by atoms with Crippen LogP contribution < -0.4 is 5.56 Å². The summed E-state index contributed by atoms with van der Waals surface area (Å²) in [5.41, 5.74) is 2.08. The molecular formula is C19H24N4O2. The molecule has 1 aromatic heterocycles. The molecule has 1 aromatic carbocycles. The third-order valence-electron chi connectivity index (χ3n) is 4.97. The molecule has 0 unspecified atom stereocenters. The number of piperazine rings is 1. The second-order valence-electron chi connectivity index (χ2n) is 7.11. The van der Waals surface area contributed by atoms with Gasteiger partial charge in [-0.1, -0.05) is 12.1 Å². The molecule has 0 spiro atoms. The molecule has 2 fully saturated rings. The largest absolute Gasteiger partial charge is 0.508 e. The van der Waals surface area contributed by atoms with Gasteiger partial charge in [-0.2, -0.15) is 0 Å². The van der Waals surface area contributed by atoms with Gasteiger partial charge in [-0.15, -0.1) is 0 Å². The molecule has 25 heavy (non-hydrogen) atoms. The fraction of sp³-hybridized carbons (Fsp3) is 0.474. The highest BCUT2D eigenvalue weighted by molar-refractivity contribution is 5.25. The Hall–Kier alpha value is -2.18. The zero-order chi connectivity index (χ0) is 17.2. The Morgan fingerprint density at radius 3 is 2.32 bits per heavy atom. The molecule has 0 radical (unpaired) electrons. The first-order valence-corrected chi connectivity index (χ1v) is 8.98. The first-order valence-electron chi connectivity index (χ1n) is 8.98. The summed E-state index contributed by atoms with van der Waals surface area (Å²) in [5, 5.41) is 9.36. The molecule has 4 rings (SSSR count). The third-order valence-corrected chi connectivity index (χ3v) is 4.97. The zero-order valence-electron chi connectivity index (χ0n) is 14.3. The van der Waals surface area contributed by atoms with Crippen LogP contribution >= 0.6 is 0 Å². The number of aromatic amines is 1. The normalized spacial score (nSPS) is 19.2. The second kappa shape index (κ2) is 6.98. The van der Waals surface area contributed by atoms with Crippen LogP contribution in [0, 0.1) is 0 Å². The van der Waals surface area contributed by atoms with E-state index in [0.29, 0.717) is 11.7 Å². The van der Waals surface area contributed by atoms with Crippen molar-refractivity contribution < 1.29 is 5.11 Å². The van der Waals surface area contributed by atoms with Crippen LogP contribution in [-0.4, -0.2) is 51.1 Å². The standard InChI is InChI=1S/C19H24N4O2/c24-17-5-1-14(2-6-17)12-22-7-9-23(10-8-22)13-16-11-18(25)21-19(20-16)15-3-4-15/h1-2,5-6,11,15,24H,3-4,7-10,12-13H2,(H,20,21,25). The van der Waals surface area contributed by atoms with Crippen LogP contribution in [0.1, 0.15) is 35.8 Å². The fourth-order valence-corrected chi connectivity index (χ4v) is 3.35. The second-order valence-corrected chi connectivity index (χ2v) is 7.11. The molecule has 1 aliphatic carbocycles. The van der Waals surface area contributed by atoms with E-state index in [4.69, 9.17) is 0 Å². The molecule has 132 valence electrons. The third kappa shape index (κ3) is 4.27. The number of hydrogen-bond donors (Lipinski definition) is 2. The van der Waals surface area contributed by atoms with Crippen LogP contribution in [0.25, 0.3) is 0 Å². The Morgan fingerprint density at radius 2 is 1.68 bits per heavy atom. The lowest BCUT2D eigenvalue weighted by Crippen LogP contribution is -2.45. The summed E-state index contributed by atoms with van der Waals surface area (Å²) in [5.74, 6) is 1.65. The average molecular weight is 340 g/mol. The van der Waals surface area contributed by atoms with Crippen LogP contribution in [-0.2, 0) is 13.1 Å². The minimum atomic E-state index is -0.0298. The minimum absolute atomic E-state index is 0.0298. The summed E-state index contributed by atoms with van der Waals surface area (Å²) in [4.78, 5) is 24.1. The van der Waals surface area contributed by atoms with Gasteiger partial charge in [0.2, 0.25) is 0 Å². The molecule has 0 atom stereocenters. The van der Waals surface area contributed by atoms with E-state index in [9.17, 15) is 9.90 Å². The Labute approximate surface area is 147 Å². The molecule has 0 bridgehead atoms. The molecule has 6 heteroatoms. The zero-order valence-corrected chi connectivity index (χ0v) is 14.3. The van der Waals surface area contributed by atoms with Crippen molar-refractivity contribution in [1.82, 2.24) is 19.8 Å². The predicted molar refractivity (Wildman–Crippen MR) is 95.5 cm³/mol. The molecular weight excluding hydrogens is 316 g/mol. The van der Waals surface area contributed by atoms with Gasteiger partial charge in [-0.05, 0) is 30.5 Å². The van der Waals surface area contributed by atoms with Gasteiger partial charge in [-0.25, -0.2) is 4.98 Å². The number of nitrogens with zero attached hydrogens (tertiary/aromatic N) is 3. The van der Waals surface area contributed by atoms with Crippen molar-refractivity contribution in [2.45, 2.75) is 31.8 Å². The maximum atomic E-state index is 11.8. The summed E-state index contributed by atoms with van der Waals surface area (Å²) in [6.45, 7) is 5.61. The molecule has 2 aliphatic rings. The van der Waals surface area contributed by atoms with E-state index in [0.717, 1.165) is 63.6 Å². The Balaban J connectivity index is 1.31. The van der Waals surface area contributed by atoms with E-state index in [1.165, 1.54) is 5.56 Å². The van der Waals surface area contributed by atoms with Crippen LogP contribution in [0.15, 0.2) is 35.1 Å². The van der Waals surface area contributed by atoms with Gasteiger partial charge < -0.3 is 10.1 Å². The summed E-state index contributed by atoms with van der Waals surface area (Å²) in [7, 11) is 0. The molecule has 1 saturated heterocycles. The summed E-state index contributed by atoms with van der Waals surface area (Å²) >= 11 is 0. The lowest BCUT2D eigenvalue weighted by atomic mass is 10.2. The van der Waals surface area contributed by atoms with Gasteiger partial charge in [0.15, 0.2) is 0 Å². The van der Waals surface area contributed by atoms with Crippen LogP contribution in [0.3, 0.4) is 0 Å². The number of hydrogen-bond acceptors (Lipinski definition) is 5. The lowest BCUT2D eigenvalue weighted by molar-refractivity contribution is 0.121. The number of aromatic hydroxyl groups is 1. The lowest BCUT2D eigenvalue weighted by Gasteiger charge is -2.34. The molecule has 1 saturated carbocycles. The van der Waals surface area contributed by atoms with Crippen molar-refractivity contribution in [1.29, 1.82) is 0 Å². The quantitative estimate of drug-likeness (QED) is 0.866. The van der Waals surface area contributed by atoms with E-state index >= 15 is 0 Å². The molecule has 2 N–H and O–H groups in total. The molecule has 0 amide bonds. The van der Waals surface area contributed by atoms with Gasteiger partial charge in [-0.3, -0.25) is 14.6 Å². The highest BCUT2D eigenvalue weighted by Crippen LogP contribution is 2.37. The van der Waals surface area contributed by atoms with Crippen molar-refractivity contribution >= 4 is 0 Å². The van der Waals surface area contributed by atoms with Gasteiger partial charge in [0.1, 0.15) is 11.6 Å². The topological polar surface area (TPSA) is 72.5 Å². The average Bonchev–Trinajstić information content (AvgIpc) is 3.43. The fourth-order valence-electron chi connectivity index (χ4n) is 3.35. The summed E-state index contributed by atoms with van der Waals surface area (Å²) in [6.07, 6.45) is 2.28. The van der Waals surface area contributed by atoms with E-state index in [1.807, 2.05) is 12.1 Å². The monoisotopic (exact) mass is 340 g/mol. The van der Waals surface area contributed by atoms with E-state index in [2.05, 4.69) is 19.8 Å². The van der Waals surface area contributed by atoms with Crippen LogP contribution in [0.2, 0.25) is 0 Å². The van der Waals surface area contributed by atoms with Crippen molar-refractivity contribution in [2.75, 3.05) is 26.2 Å². The Kier molecular flexibility index (Phi) is 4.55. The molecule has 2 aromatic rings. The maximum absolute atomic E-state index is 11.8. The molecule has 1 aliphatic heterocycles. The van der Waals surface area contributed by atoms with Gasteiger partial charge in [0.25, 0.3) is 5.56 Å². The maximum Gasteiger partial charge on any atom is 0.251 e. The van der Waals surface area contributed by atoms with Crippen molar-refractivity contribution in [3.8, 4) is 5.75 Å². The van der Waals surface area contributed by atoms with Crippen LogP contribution in [0.5, 0.6) is 5.75 Å². The number of phenolic OH excluding ortho intramolecular Hbond substituents is 1. The molecule has 6 nitrogen and oxygen atoms in total. The summed E-state index contributed by atoms with van der Waals surface area (Å²) in [6, 6.07) is 9.06. The van der Waals surface area contributed by atoms with Gasteiger partial charge in [0.05, 0.1) is 5.69 Å². The smallest absolute Gasteiger partial charge is 0.251 e. The minimum Gasteiger partial charge on any atom is -0.508 e. The first-order chi connectivity index (χ1) is 12.2. The van der Waals surface area contributed by atoms with Gasteiger partial charge in [0, 0.05) is 51.3 Å². The number of nitrogens with one attached hydrogen (secondary N) is 1. The number of H-pyrrole nitrogens is 1. The van der Waals surface area contributed by atoms with E-state index in [1.54, 1.807) is 18.2 Å². The number of phenols is 1. The first kappa shape index (κ1) is 16.3. The van der Waals surface area contributed by atoms with E-state index < -0.39 is 0 Å². The van der Waals surface area contributed by atoms with Crippen LogP contribution in [0.4, 0.5) is 0 Å². The number of rotatable bonds is 5. The Morgan fingerprint density at radius 1 is 1.04 bits per heavy atom. The Bertz CT molecular complexity index is 775. The highest BCUT2D eigenvalue weighted by Gasteiger charge is 2.26. The van der Waals surface area contributed by atoms with Crippen molar-refractivity contribution in [2.24, 2.45) is 0 Å². The summed E-state index contributed by atoms with van der Waals surface area (Å²) < 4.78 is 0. The SMILES string of the molecule is O=c1cc(CN2CCN(Cc3ccc(O)cc3)CC2)nc(C2CC2)[nH]1. The van der Waals surface area contributed by atoms with E-state index in [-0.39, 0.29) is 5.56 Å².